The van der Waals surface area contributed by atoms with Crippen molar-refractivity contribution in [2.45, 2.75) is 19.8 Å². The number of carbonyl (C=O) groups is 1. The van der Waals surface area contributed by atoms with E-state index in [1.807, 2.05) is 62.4 Å². The Hall–Kier alpha value is -2.29. The normalized spacial score (nSPS) is 11.9. The molecule has 0 saturated heterocycles. The zero-order valence-corrected chi connectivity index (χ0v) is 11.7. The lowest BCUT2D eigenvalue weighted by Gasteiger charge is -2.17. The summed E-state index contributed by atoms with van der Waals surface area (Å²) in [6, 6.07) is 15.1. The van der Waals surface area contributed by atoms with E-state index < -0.39 is 11.9 Å². The van der Waals surface area contributed by atoms with Crippen LogP contribution in [-0.4, -0.2) is 17.7 Å². The molecule has 0 aromatic heterocycles. The van der Waals surface area contributed by atoms with Crippen LogP contribution in [0.1, 0.15) is 22.6 Å². The van der Waals surface area contributed by atoms with Crippen molar-refractivity contribution in [2.24, 2.45) is 0 Å². The van der Waals surface area contributed by atoms with Crippen molar-refractivity contribution in [3.63, 3.8) is 0 Å². The number of ether oxygens (including phenoxy) is 1. The van der Waals surface area contributed by atoms with Crippen LogP contribution in [0.25, 0.3) is 0 Å². The molecular formula is C17H18O3. The van der Waals surface area contributed by atoms with Gasteiger partial charge in [0.2, 0.25) is 0 Å². The van der Waals surface area contributed by atoms with E-state index in [1.54, 1.807) is 0 Å². The summed E-state index contributed by atoms with van der Waals surface area (Å²) in [5.41, 5.74) is 2.77. The fourth-order valence-corrected chi connectivity index (χ4v) is 2.16. The van der Waals surface area contributed by atoms with E-state index >= 15 is 0 Å². The van der Waals surface area contributed by atoms with E-state index in [1.165, 1.54) is 0 Å². The van der Waals surface area contributed by atoms with Gasteiger partial charge >= 0.3 is 5.97 Å². The van der Waals surface area contributed by atoms with Crippen LogP contribution in [0.3, 0.4) is 0 Å². The van der Waals surface area contributed by atoms with Crippen molar-refractivity contribution >= 4 is 5.97 Å². The summed E-state index contributed by atoms with van der Waals surface area (Å²) >= 11 is 0. The molecule has 3 nitrogen and oxygen atoms in total. The first kappa shape index (κ1) is 14.1. The van der Waals surface area contributed by atoms with Gasteiger partial charge in [0.05, 0.1) is 0 Å². The van der Waals surface area contributed by atoms with Crippen LogP contribution < -0.4 is 4.74 Å². The van der Waals surface area contributed by atoms with Crippen LogP contribution in [0.15, 0.2) is 48.5 Å². The van der Waals surface area contributed by atoms with Gasteiger partial charge in [-0.05, 0) is 36.6 Å². The summed E-state index contributed by atoms with van der Waals surface area (Å²) in [7, 11) is 0. The third kappa shape index (κ3) is 3.18. The van der Waals surface area contributed by atoms with Crippen molar-refractivity contribution in [2.75, 3.05) is 6.61 Å². The van der Waals surface area contributed by atoms with E-state index in [2.05, 4.69) is 0 Å². The highest BCUT2D eigenvalue weighted by molar-refractivity contribution is 5.76. The molecule has 0 aliphatic carbocycles. The van der Waals surface area contributed by atoms with E-state index in [0.29, 0.717) is 0 Å². The van der Waals surface area contributed by atoms with E-state index in [0.717, 1.165) is 22.4 Å². The van der Waals surface area contributed by atoms with Gasteiger partial charge in [0.15, 0.2) is 0 Å². The lowest BCUT2D eigenvalue weighted by molar-refractivity contribution is -0.139. The highest BCUT2D eigenvalue weighted by atomic mass is 16.5. The number of aliphatic carboxylic acids is 1. The summed E-state index contributed by atoms with van der Waals surface area (Å²) in [5, 5.41) is 9.42. The molecule has 0 heterocycles. The molecule has 0 saturated carbocycles. The van der Waals surface area contributed by atoms with Crippen molar-refractivity contribution < 1.29 is 14.6 Å². The maximum atomic E-state index is 11.5. The molecule has 0 radical (unpaired) electrons. The number of carboxylic acids is 1. The summed E-state index contributed by atoms with van der Waals surface area (Å²) < 4.78 is 5.69. The maximum Gasteiger partial charge on any atom is 0.314 e. The van der Waals surface area contributed by atoms with Crippen molar-refractivity contribution in [1.82, 2.24) is 0 Å². The highest BCUT2D eigenvalue weighted by Crippen LogP contribution is 2.23. The van der Waals surface area contributed by atoms with Gasteiger partial charge in [-0.2, -0.15) is 0 Å². The van der Waals surface area contributed by atoms with Crippen LogP contribution in [-0.2, 0) is 4.79 Å². The van der Waals surface area contributed by atoms with Crippen molar-refractivity contribution in [3.8, 4) is 5.75 Å². The van der Waals surface area contributed by atoms with E-state index in [4.69, 9.17) is 4.74 Å². The average Bonchev–Trinajstić information content (AvgIpc) is 2.42. The minimum Gasteiger partial charge on any atom is -0.492 e. The SMILES string of the molecule is Cc1ccccc1OCC(C(=O)O)c1ccccc1C. The molecule has 2 rings (SSSR count). The number of aryl methyl sites for hydroxylation is 2. The maximum absolute atomic E-state index is 11.5. The standard InChI is InChI=1S/C17H18O3/c1-12-7-3-5-9-14(12)15(17(18)19)11-20-16-10-6-4-8-13(16)2/h3-10,15H,11H2,1-2H3,(H,18,19). The molecule has 0 bridgehead atoms. The molecule has 0 spiro atoms. The van der Waals surface area contributed by atoms with E-state index in [-0.39, 0.29) is 6.61 Å². The fraction of sp³-hybridized carbons (Fsp3) is 0.235. The Morgan fingerprint density at radius 1 is 1.05 bits per heavy atom. The van der Waals surface area contributed by atoms with Crippen LogP contribution in [0.5, 0.6) is 5.75 Å². The second-order valence-electron chi connectivity index (χ2n) is 4.82. The van der Waals surface area contributed by atoms with Crippen LogP contribution in [0.4, 0.5) is 0 Å². The summed E-state index contributed by atoms with van der Waals surface area (Å²) in [6.45, 7) is 3.99. The van der Waals surface area contributed by atoms with Gasteiger partial charge in [-0.1, -0.05) is 42.5 Å². The van der Waals surface area contributed by atoms with Gasteiger partial charge in [0.25, 0.3) is 0 Å². The van der Waals surface area contributed by atoms with Gasteiger partial charge in [0.1, 0.15) is 18.3 Å². The lowest BCUT2D eigenvalue weighted by Crippen LogP contribution is -2.20. The molecule has 1 unspecified atom stereocenters. The Labute approximate surface area is 118 Å². The van der Waals surface area contributed by atoms with Crippen LogP contribution in [0.2, 0.25) is 0 Å². The second-order valence-corrected chi connectivity index (χ2v) is 4.82. The van der Waals surface area contributed by atoms with Gasteiger partial charge in [-0.3, -0.25) is 4.79 Å². The lowest BCUT2D eigenvalue weighted by atomic mass is 9.95. The molecule has 20 heavy (non-hydrogen) atoms. The molecule has 1 atom stereocenters. The number of hydrogen-bond acceptors (Lipinski definition) is 2. The quantitative estimate of drug-likeness (QED) is 0.903. The molecule has 2 aromatic carbocycles. The first-order valence-corrected chi connectivity index (χ1v) is 6.56. The van der Waals surface area contributed by atoms with Crippen molar-refractivity contribution in [3.05, 3.63) is 65.2 Å². The molecule has 0 fully saturated rings. The van der Waals surface area contributed by atoms with Gasteiger partial charge in [0, 0.05) is 0 Å². The van der Waals surface area contributed by atoms with Crippen LogP contribution >= 0.6 is 0 Å². The zero-order valence-electron chi connectivity index (χ0n) is 11.7. The Morgan fingerprint density at radius 2 is 1.65 bits per heavy atom. The Bertz CT molecular complexity index is 605. The Morgan fingerprint density at radius 3 is 2.25 bits per heavy atom. The second kappa shape index (κ2) is 6.24. The van der Waals surface area contributed by atoms with E-state index in [9.17, 15) is 9.90 Å². The molecule has 2 aromatic rings. The summed E-state index contributed by atoms with van der Waals surface area (Å²) in [4.78, 5) is 11.5. The Kier molecular flexibility index (Phi) is 4.41. The third-order valence-corrected chi connectivity index (χ3v) is 3.36. The number of benzene rings is 2. The van der Waals surface area contributed by atoms with Crippen molar-refractivity contribution in [1.29, 1.82) is 0 Å². The summed E-state index contributed by atoms with van der Waals surface area (Å²) in [5.74, 6) is -0.795. The minimum atomic E-state index is -0.868. The Balaban J connectivity index is 2.18. The molecule has 3 heteroatoms. The largest absolute Gasteiger partial charge is 0.492 e. The van der Waals surface area contributed by atoms with Gasteiger partial charge < -0.3 is 9.84 Å². The number of rotatable bonds is 5. The first-order chi connectivity index (χ1) is 9.59. The molecule has 0 aliphatic heterocycles. The smallest absolute Gasteiger partial charge is 0.314 e. The third-order valence-electron chi connectivity index (χ3n) is 3.36. The zero-order chi connectivity index (χ0) is 14.5. The average molecular weight is 270 g/mol. The van der Waals surface area contributed by atoms with Gasteiger partial charge in [-0.15, -0.1) is 0 Å². The van der Waals surface area contributed by atoms with Gasteiger partial charge in [-0.25, -0.2) is 0 Å². The number of hydrogen-bond donors (Lipinski definition) is 1. The first-order valence-electron chi connectivity index (χ1n) is 6.56. The molecular weight excluding hydrogens is 252 g/mol. The number of para-hydroxylation sites is 1. The number of carboxylic acid groups (broad SMARTS) is 1. The molecule has 0 aliphatic rings. The predicted octanol–water partition coefficient (Wildman–Crippen LogP) is 3.55. The topological polar surface area (TPSA) is 46.5 Å². The summed E-state index contributed by atoms with van der Waals surface area (Å²) in [6.07, 6.45) is 0. The monoisotopic (exact) mass is 270 g/mol. The predicted molar refractivity (Wildman–Crippen MR) is 78.2 cm³/mol. The van der Waals surface area contributed by atoms with Crippen LogP contribution in [0, 0.1) is 13.8 Å². The minimum absolute atomic E-state index is 0.130. The molecule has 0 amide bonds. The highest BCUT2D eigenvalue weighted by Gasteiger charge is 2.22. The molecule has 104 valence electrons. The fourth-order valence-electron chi connectivity index (χ4n) is 2.16. The molecule has 1 N–H and O–H groups in total.